The molecule has 1 aromatic rings. The lowest BCUT2D eigenvalue weighted by Crippen LogP contribution is -2.53. The summed E-state index contributed by atoms with van der Waals surface area (Å²) in [6.07, 6.45) is 0. The number of rotatable bonds is 2. The summed E-state index contributed by atoms with van der Waals surface area (Å²) in [6, 6.07) is 5.74. The number of ether oxygens (including phenoxy) is 1. The molecular formula is C13H17ClN2OS. The Kier molecular flexibility index (Phi) is 3.80. The van der Waals surface area contributed by atoms with Crippen molar-refractivity contribution in [3.05, 3.63) is 28.8 Å². The van der Waals surface area contributed by atoms with Crippen molar-refractivity contribution in [1.29, 1.82) is 0 Å². The van der Waals surface area contributed by atoms with Gasteiger partial charge in [0.2, 0.25) is 0 Å². The largest absolute Gasteiger partial charge is 0.389 e. The lowest BCUT2D eigenvalue weighted by Gasteiger charge is -2.44. The Labute approximate surface area is 118 Å². The fraction of sp³-hybridized carbons (Fsp3) is 0.462. The minimum atomic E-state index is -0.0948. The summed E-state index contributed by atoms with van der Waals surface area (Å²) >= 11 is 11.3. The van der Waals surface area contributed by atoms with E-state index in [1.54, 1.807) is 0 Å². The molecule has 3 nitrogen and oxygen atoms in total. The van der Waals surface area contributed by atoms with E-state index < -0.39 is 0 Å². The van der Waals surface area contributed by atoms with E-state index in [1.807, 2.05) is 18.2 Å². The van der Waals surface area contributed by atoms with Gasteiger partial charge in [-0.2, -0.15) is 0 Å². The monoisotopic (exact) mass is 284 g/mol. The third-order valence-corrected chi connectivity index (χ3v) is 3.69. The molecule has 0 spiro atoms. The van der Waals surface area contributed by atoms with Gasteiger partial charge in [-0.05, 0) is 26.0 Å². The van der Waals surface area contributed by atoms with Gasteiger partial charge in [0.25, 0.3) is 0 Å². The number of thiocarbonyl (C=S) groups is 1. The highest BCUT2D eigenvalue weighted by molar-refractivity contribution is 7.80. The first-order valence-corrected chi connectivity index (χ1v) is 6.66. The Balaban J connectivity index is 2.50. The SMILES string of the molecule is CC1(C)COCCN1c1cccc(Cl)c1C(N)=S. The second-order valence-corrected chi connectivity index (χ2v) is 5.86. The van der Waals surface area contributed by atoms with Gasteiger partial charge in [0.1, 0.15) is 4.99 Å². The summed E-state index contributed by atoms with van der Waals surface area (Å²) in [6.45, 7) is 6.46. The van der Waals surface area contributed by atoms with Crippen molar-refractivity contribution in [2.45, 2.75) is 19.4 Å². The maximum absolute atomic E-state index is 6.21. The van der Waals surface area contributed by atoms with Crippen molar-refractivity contribution in [3.63, 3.8) is 0 Å². The molecule has 0 amide bonds. The lowest BCUT2D eigenvalue weighted by molar-refractivity contribution is 0.0644. The van der Waals surface area contributed by atoms with Crippen molar-refractivity contribution < 1.29 is 4.74 Å². The van der Waals surface area contributed by atoms with Crippen LogP contribution < -0.4 is 10.6 Å². The van der Waals surface area contributed by atoms with Crippen molar-refractivity contribution in [2.24, 2.45) is 5.73 Å². The highest BCUT2D eigenvalue weighted by Gasteiger charge is 2.32. The molecular weight excluding hydrogens is 268 g/mol. The zero-order chi connectivity index (χ0) is 13.3. The predicted octanol–water partition coefficient (Wildman–Crippen LogP) is 2.59. The fourth-order valence-electron chi connectivity index (χ4n) is 2.29. The molecule has 1 saturated heterocycles. The summed E-state index contributed by atoms with van der Waals surface area (Å²) in [4.78, 5) is 2.59. The highest BCUT2D eigenvalue weighted by atomic mass is 35.5. The maximum Gasteiger partial charge on any atom is 0.107 e. The normalized spacial score (nSPS) is 18.7. The van der Waals surface area contributed by atoms with Crippen LogP contribution in [-0.4, -0.2) is 30.3 Å². The Hall–Kier alpha value is -0.840. The van der Waals surface area contributed by atoms with Crippen LogP contribution in [0.4, 0.5) is 5.69 Å². The molecule has 0 atom stereocenters. The van der Waals surface area contributed by atoms with Gasteiger partial charge in [-0.15, -0.1) is 0 Å². The van der Waals surface area contributed by atoms with E-state index in [4.69, 9.17) is 34.3 Å². The third-order valence-electron chi connectivity index (χ3n) is 3.17. The molecule has 2 rings (SSSR count). The quantitative estimate of drug-likeness (QED) is 0.847. The number of morpholine rings is 1. The zero-order valence-electron chi connectivity index (χ0n) is 10.6. The highest BCUT2D eigenvalue weighted by Crippen LogP contribution is 2.33. The fourth-order valence-corrected chi connectivity index (χ4v) is 2.83. The molecule has 0 aromatic heterocycles. The van der Waals surface area contributed by atoms with Crippen LogP contribution in [-0.2, 0) is 4.74 Å². The van der Waals surface area contributed by atoms with Crippen LogP contribution in [0.2, 0.25) is 5.02 Å². The molecule has 0 unspecified atom stereocenters. The summed E-state index contributed by atoms with van der Waals surface area (Å²) in [5.41, 5.74) is 7.45. The Morgan fingerprint density at radius 1 is 1.50 bits per heavy atom. The third kappa shape index (κ3) is 2.46. The van der Waals surface area contributed by atoms with Gasteiger partial charge in [-0.3, -0.25) is 0 Å². The van der Waals surface area contributed by atoms with Crippen molar-refractivity contribution in [1.82, 2.24) is 0 Å². The molecule has 0 saturated carbocycles. The first kappa shape index (κ1) is 13.6. The van der Waals surface area contributed by atoms with E-state index in [-0.39, 0.29) is 5.54 Å². The van der Waals surface area contributed by atoms with Gasteiger partial charge in [-0.1, -0.05) is 29.9 Å². The van der Waals surface area contributed by atoms with Gasteiger partial charge >= 0.3 is 0 Å². The van der Waals surface area contributed by atoms with E-state index in [0.717, 1.165) is 17.8 Å². The Morgan fingerprint density at radius 2 is 2.22 bits per heavy atom. The minimum absolute atomic E-state index is 0.0948. The Bertz CT molecular complexity index is 476. The van der Waals surface area contributed by atoms with Crippen molar-refractivity contribution in [3.8, 4) is 0 Å². The van der Waals surface area contributed by atoms with Gasteiger partial charge in [0.15, 0.2) is 0 Å². The van der Waals surface area contributed by atoms with E-state index >= 15 is 0 Å². The van der Waals surface area contributed by atoms with Crippen LogP contribution in [0.25, 0.3) is 0 Å². The van der Waals surface area contributed by atoms with Crippen LogP contribution >= 0.6 is 23.8 Å². The number of halogens is 1. The van der Waals surface area contributed by atoms with E-state index in [0.29, 0.717) is 23.2 Å². The predicted molar refractivity (Wildman–Crippen MR) is 79.6 cm³/mol. The number of anilines is 1. The molecule has 2 N–H and O–H groups in total. The number of hydrogen-bond acceptors (Lipinski definition) is 3. The summed E-state index contributed by atoms with van der Waals surface area (Å²) in [5.74, 6) is 0. The van der Waals surface area contributed by atoms with E-state index in [2.05, 4.69) is 18.7 Å². The van der Waals surface area contributed by atoms with Gasteiger partial charge < -0.3 is 15.4 Å². The molecule has 18 heavy (non-hydrogen) atoms. The molecule has 0 bridgehead atoms. The number of nitrogens with two attached hydrogens (primary N) is 1. The summed E-state index contributed by atoms with van der Waals surface area (Å²) in [7, 11) is 0. The number of hydrogen-bond donors (Lipinski definition) is 1. The average Bonchev–Trinajstić information content (AvgIpc) is 2.27. The molecule has 1 fully saturated rings. The zero-order valence-corrected chi connectivity index (χ0v) is 12.1. The summed E-state index contributed by atoms with van der Waals surface area (Å²) in [5, 5.41) is 0.599. The standard InChI is InChI=1S/C13H17ClN2OS/c1-13(2)8-17-7-6-16(13)10-5-3-4-9(14)11(10)12(15)18/h3-5H,6-8H2,1-2H3,(H2,15,18). The second-order valence-electron chi connectivity index (χ2n) is 5.01. The number of nitrogens with zero attached hydrogens (tertiary/aromatic N) is 1. The van der Waals surface area contributed by atoms with Crippen LogP contribution in [0.15, 0.2) is 18.2 Å². The Morgan fingerprint density at radius 3 is 2.83 bits per heavy atom. The smallest absolute Gasteiger partial charge is 0.107 e. The first-order chi connectivity index (χ1) is 8.43. The topological polar surface area (TPSA) is 38.5 Å². The molecule has 98 valence electrons. The second kappa shape index (κ2) is 5.03. The molecule has 5 heteroatoms. The van der Waals surface area contributed by atoms with Gasteiger partial charge in [-0.25, -0.2) is 0 Å². The van der Waals surface area contributed by atoms with Crippen LogP contribution in [0, 0.1) is 0 Å². The van der Waals surface area contributed by atoms with E-state index in [1.165, 1.54) is 0 Å². The molecule has 0 aliphatic carbocycles. The van der Waals surface area contributed by atoms with Gasteiger partial charge in [0, 0.05) is 12.2 Å². The van der Waals surface area contributed by atoms with Crippen LogP contribution in [0.3, 0.4) is 0 Å². The summed E-state index contributed by atoms with van der Waals surface area (Å²) < 4.78 is 5.53. The minimum Gasteiger partial charge on any atom is -0.389 e. The van der Waals surface area contributed by atoms with Crippen LogP contribution in [0.1, 0.15) is 19.4 Å². The van der Waals surface area contributed by atoms with E-state index in [9.17, 15) is 0 Å². The molecule has 1 heterocycles. The van der Waals surface area contributed by atoms with Gasteiger partial charge in [0.05, 0.1) is 29.3 Å². The molecule has 1 aliphatic heterocycles. The van der Waals surface area contributed by atoms with Crippen molar-refractivity contribution in [2.75, 3.05) is 24.7 Å². The number of benzene rings is 1. The van der Waals surface area contributed by atoms with Crippen LogP contribution in [0.5, 0.6) is 0 Å². The average molecular weight is 285 g/mol. The van der Waals surface area contributed by atoms with Crippen molar-refractivity contribution >= 4 is 34.5 Å². The molecule has 1 aliphatic rings. The molecule has 1 aromatic carbocycles. The lowest BCUT2D eigenvalue weighted by atomic mass is 9.99. The maximum atomic E-state index is 6.21. The molecule has 0 radical (unpaired) electrons. The first-order valence-electron chi connectivity index (χ1n) is 5.87.